The molecule has 1 N–H and O–H groups in total. The van der Waals surface area contributed by atoms with Crippen molar-refractivity contribution < 1.29 is 4.74 Å². The van der Waals surface area contributed by atoms with Crippen LogP contribution in [-0.2, 0) is 4.74 Å². The molecule has 114 valence electrons. The summed E-state index contributed by atoms with van der Waals surface area (Å²) in [5.74, 6) is 1.66. The van der Waals surface area contributed by atoms with Crippen molar-refractivity contribution in [1.82, 2.24) is 5.32 Å². The Balaban J connectivity index is 1.81. The molecule has 1 atom stereocenters. The van der Waals surface area contributed by atoms with E-state index in [1.165, 1.54) is 40.9 Å². The topological polar surface area (TPSA) is 21.3 Å². The fraction of sp³-hybridized carbons (Fsp3) is 0.333. The van der Waals surface area contributed by atoms with Gasteiger partial charge in [0.1, 0.15) is 11.8 Å². The Morgan fingerprint density at radius 1 is 1.32 bits per heavy atom. The largest absolute Gasteiger partial charge is 0.498 e. The molecule has 0 aromatic heterocycles. The molecule has 4 rings (SSSR count). The number of rotatable bonds is 3. The van der Waals surface area contributed by atoms with Gasteiger partial charge in [0.25, 0.3) is 0 Å². The van der Waals surface area contributed by atoms with Gasteiger partial charge in [-0.2, -0.15) is 0 Å². The molecule has 0 saturated heterocycles. The number of hydrogen-bond donors (Lipinski definition) is 1. The molecule has 0 radical (unpaired) electrons. The second kappa shape index (κ2) is 5.71. The number of benzene rings is 1. The van der Waals surface area contributed by atoms with E-state index in [1.807, 2.05) is 12.3 Å². The average Bonchev–Trinajstić information content (AvgIpc) is 2.90. The Bertz CT molecular complexity index is 703. The van der Waals surface area contributed by atoms with E-state index in [0.29, 0.717) is 5.92 Å². The van der Waals surface area contributed by atoms with E-state index in [9.17, 15) is 0 Å². The van der Waals surface area contributed by atoms with E-state index in [4.69, 9.17) is 16.3 Å². The first-order valence-corrected chi connectivity index (χ1v) is 8.91. The van der Waals surface area contributed by atoms with Crippen LogP contribution in [0.15, 0.2) is 46.5 Å². The maximum absolute atomic E-state index is 6.29. The number of methoxy groups -OCH3 is 1. The average molecular weight is 332 g/mol. The second-order valence-corrected chi connectivity index (χ2v) is 7.26. The zero-order chi connectivity index (χ0) is 15.1. The summed E-state index contributed by atoms with van der Waals surface area (Å²) in [5, 5.41) is 6.28. The Morgan fingerprint density at radius 2 is 2.18 bits per heavy atom. The molecule has 2 nitrogen and oxygen atoms in total. The number of thioether (sulfide) groups is 1. The van der Waals surface area contributed by atoms with Gasteiger partial charge < -0.3 is 10.1 Å². The van der Waals surface area contributed by atoms with Gasteiger partial charge in [-0.3, -0.25) is 0 Å². The lowest BCUT2D eigenvalue weighted by Crippen LogP contribution is -2.29. The molecular formula is C18H18ClNOS. The van der Waals surface area contributed by atoms with Gasteiger partial charge >= 0.3 is 0 Å². The van der Waals surface area contributed by atoms with Crippen LogP contribution in [0.2, 0.25) is 5.02 Å². The van der Waals surface area contributed by atoms with E-state index in [1.54, 1.807) is 18.9 Å². The fourth-order valence-electron chi connectivity index (χ4n) is 3.30. The molecule has 3 aliphatic rings. The molecule has 0 spiro atoms. The number of fused-ring (bicyclic) bond motifs is 1. The lowest BCUT2D eigenvalue weighted by atomic mass is 9.77. The first-order valence-electron chi connectivity index (χ1n) is 7.65. The van der Waals surface area contributed by atoms with E-state index >= 15 is 0 Å². The lowest BCUT2D eigenvalue weighted by molar-refractivity contribution is 0.270. The molecule has 22 heavy (non-hydrogen) atoms. The monoisotopic (exact) mass is 331 g/mol. The molecule has 0 bridgehead atoms. The van der Waals surface area contributed by atoms with Crippen LogP contribution in [0.4, 0.5) is 0 Å². The molecule has 2 heterocycles. The van der Waals surface area contributed by atoms with E-state index < -0.39 is 0 Å². The van der Waals surface area contributed by atoms with Crippen LogP contribution >= 0.6 is 23.4 Å². The highest BCUT2D eigenvalue weighted by Gasteiger charge is 2.32. The summed E-state index contributed by atoms with van der Waals surface area (Å²) in [6.07, 6.45) is 8.10. The first kappa shape index (κ1) is 14.3. The third-order valence-electron chi connectivity index (χ3n) is 4.71. The van der Waals surface area contributed by atoms with E-state index in [2.05, 4.69) is 28.9 Å². The standard InChI is InChI=1S/C18H18ClNOS/c1-21-16-10-22-18-14(7-8-20-17(16)18)15-9-12(19)5-6-13(15)11-3-2-4-11/h5-11,17,20H,2-4H2,1H3. The molecule has 2 aliphatic heterocycles. The third kappa shape index (κ3) is 2.27. The zero-order valence-electron chi connectivity index (χ0n) is 12.4. The molecule has 0 amide bonds. The molecule has 1 fully saturated rings. The Morgan fingerprint density at radius 3 is 2.91 bits per heavy atom. The predicted octanol–water partition coefficient (Wildman–Crippen LogP) is 5.04. The van der Waals surface area contributed by atoms with Crippen molar-refractivity contribution in [3.05, 3.63) is 62.7 Å². The van der Waals surface area contributed by atoms with Crippen molar-refractivity contribution in [2.24, 2.45) is 0 Å². The van der Waals surface area contributed by atoms with Gasteiger partial charge in [0, 0.05) is 15.3 Å². The van der Waals surface area contributed by atoms with Gasteiger partial charge in [0.15, 0.2) is 0 Å². The number of allylic oxidation sites excluding steroid dienone is 2. The summed E-state index contributed by atoms with van der Waals surface area (Å²) in [4.78, 5) is 1.31. The van der Waals surface area contributed by atoms with Crippen molar-refractivity contribution in [3.8, 4) is 0 Å². The first-order chi connectivity index (χ1) is 10.8. The van der Waals surface area contributed by atoms with Crippen molar-refractivity contribution in [2.75, 3.05) is 7.11 Å². The Hall–Kier alpha value is -1.32. The van der Waals surface area contributed by atoms with Gasteiger partial charge in [-0.15, -0.1) is 0 Å². The van der Waals surface area contributed by atoms with Crippen molar-refractivity contribution in [3.63, 3.8) is 0 Å². The molecule has 1 aromatic rings. The minimum absolute atomic E-state index is 0.142. The van der Waals surface area contributed by atoms with Gasteiger partial charge in [-0.25, -0.2) is 0 Å². The van der Waals surface area contributed by atoms with Crippen LogP contribution < -0.4 is 5.32 Å². The van der Waals surface area contributed by atoms with Crippen LogP contribution in [0.25, 0.3) is 5.57 Å². The third-order valence-corrected chi connectivity index (χ3v) is 6.01. The molecule has 1 saturated carbocycles. The van der Waals surface area contributed by atoms with Gasteiger partial charge in [0.05, 0.1) is 7.11 Å². The highest BCUT2D eigenvalue weighted by atomic mass is 35.5. The number of ether oxygens (including phenoxy) is 1. The van der Waals surface area contributed by atoms with Gasteiger partial charge in [-0.05, 0) is 59.9 Å². The van der Waals surface area contributed by atoms with Gasteiger partial charge in [0.2, 0.25) is 0 Å². The summed E-state index contributed by atoms with van der Waals surface area (Å²) in [6, 6.07) is 6.50. The van der Waals surface area contributed by atoms with Crippen LogP contribution in [-0.4, -0.2) is 13.2 Å². The normalized spacial score (nSPS) is 23.7. The van der Waals surface area contributed by atoms with E-state index in [0.717, 1.165) is 10.8 Å². The zero-order valence-corrected chi connectivity index (χ0v) is 14.0. The SMILES string of the molecule is COC1=CSC2=C(c3cc(Cl)ccc3C3CCC3)C=CNC12. The highest BCUT2D eigenvalue weighted by molar-refractivity contribution is 8.06. The minimum Gasteiger partial charge on any atom is -0.498 e. The molecule has 1 aromatic carbocycles. The molecule has 4 heteroatoms. The van der Waals surface area contributed by atoms with Crippen LogP contribution in [0.5, 0.6) is 0 Å². The van der Waals surface area contributed by atoms with Crippen molar-refractivity contribution in [2.45, 2.75) is 31.2 Å². The van der Waals surface area contributed by atoms with Crippen molar-refractivity contribution in [1.29, 1.82) is 0 Å². The number of hydrogen-bond acceptors (Lipinski definition) is 3. The molecular weight excluding hydrogens is 314 g/mol. The fourth-order valence-corrected chi connectivity index (χ4v) is 4.57. The molecule has 1 aliphatic carbocycles. The number of dihydropyridines is 1. The maximum Gasteiger partial charge on any atom is 0.129 e. The highest BCUT2D eigenvalue weighted by Crippen LogP contribution is 2.46. The molecule has 1 unspecified atom stereocenters. The number of nitrogens with one attached hydrogen (secondary N) is 1. The van der Waals surface area contributed by atoms with Crippen molar-refractivity contribution >= 4 is 28.9 Å². The Kier molecular flexibility index (Phi) is 3.71. The Labute approximate surface area is 140 Å². The maximum atomic E-state index is 6.29. The quantitative estimate of drug-likeness (QED) is 0.838. The lowest BCUT2D eigenvalue weighted by Gasteiger charge is -2.30. The van der Waals surface area contributed by atoms with Crippen LogP contribution in [0.1, 0.15) is 36.3 Å². The summed E-state index contributed by atoms with van der Waals surface area (Å²) < 4.78 is 5.48. The smallest absolute Gasteiger partial charge is 0.129 e. The summed E-state index contributed by atoms with van der Waals surface area (Å²) in [5.41, 5.74) is 4.00. The summed E-state index contributed by atoms with van der Waals surface area (Å²) in [7, 11) is 1.73. The van der Waals surface area contributed by atoms with Crippen LogP contribution in [0, 0.1) is 0 Å². The number of halogens is 1. The van der Waals surface area contributed by atoms with Gasteiger partial charge in [-0.1, -0.05) is 35.9 Å². The minimum atomic E-state index is 0.142. The summed E-state index contributed by atoms with van der Waals surface area (Å²) in [6.45, 7) is 0. The van der Waals surface area contributed by atoms with Crippen LogP contribution in [0.3, 0.4) is 0 Å². The predicted molar refractivity (Wildman–Crippen MR) is 93.7 cm³/mol. The summed E-state index contributed by atoms with van der Waals surface area (Å²) >= 11 is 8.04. The van der Waals surface area contributed by atoms with E-state index in [-0.39, 0.29) is 6.04 Å². The second-order valence-electron chi connectivity index (χ2n) is 5.91.